The first-order valence-corrected chi connectivity index (χ1v) is 4.52. The summed E-state index contributed by atoms with van der Waals surface area (Å²) in [6.07, 6.45) is 1.91. The summed E-state index contributed by atoms with van der Waals surface area (Å²) < 4.78 is 1.85. The first-order valence-electron chi connectivity index (χ1n) is 3.64. The Labute approximate surface area is 74.2 Å². The monoisotopic (exact) mass is 176 g/mol. The van der Waals surface area contributed by atoms with Gasteiger partial charge in [-0.25, -0.2) is 0 Å². The molecule has 60 valence electrons. The lowest BCUT2D eigenvalue weighted by atomic mass is 10.3. The lowest BCUT2D eigenvalue weighted by Crippen LogP contribution is -2.08. The maximum Gasteiger partial charge on any atom is 0.186 e. The van der Waals surface area contributed by atoms with Crippen molar-refractivity contribution in [2.45, 2.75) is 0 Å². The maximum atomic E-state index is 7.57. The second-order valence-electron chi connectivity index (χ2n) is 2.41. The fraction of sp³-hybridized carbons (Fsp3) is 0. The summed E-state index contributed by atoms with van der Waals surface area (Å²) in [6.45, 7) is 0. The van der Waals surface area contributed by atoms with Gasteiger partial charge < -0.3 is 0 Å². The first kappa shape index (κ1) is 7.31. The molecule has 0 radical (unpaired) electrons. The fourth-order valence-corrected chi connectivity index (χ4v) is 1.66. The van der Waals surface area contributed by atoms with E-state index in [1.807, 2.05) is 46.5 Å². The molecule has 0 saturated carbocycles. The minimum Gasteiger partial charge on any atom is -0.293 e. The average molecular weight is 176 g/mol. The molecular weight excluding hydrogens is 168 g/mol. The van der Waals surface area contributed by atoms with Crippen molar-refractivity contribution in [2.75, 3.05) is 0 Å². The van der Waals surface area contributed by atoms with Crippen molar-refractivity contribution in [3.05, 3.63) is 46.7 Å². The van der Waals surface area contributed by atoms with E-state index in [0.29, 0.717) is 4.80 Å². The normalized spacial score (nSPS) is 10.0. The van der Waals surface area contributed by atoms with Crippen LogP contribution in [0, 0.1) is 5.41 Å². The number of rotatable bonds is 1. The van der Waals surface area contributed by atoms with E-state index < -0.39 is 0 Å². The van der Waals surface area contributed by atoms with Crippen LogP contribution in [-0.4, -0.2) is 4.57 Å². The van der Waals surface area contributed by atoms with Gasteiger partial charge in [0.05, 0.1) is 0 Å². The summed E-state index contributed by atoms with van der Waals surface area (Å²) in [5.74, 6) is 0. The second-order valence-corrected chi connectivity index (χ2v) is 3.31. The van der Waals surface area contributed by atoms with Crippen molar-refractivity contribution in [3.63, 3.8) is 0 Å². The molecule has 0 bridgehead atoms. The lowest BCUT2D eigenvalue weighted by molar-refractivity contribution is 0.979. The van der Waals surface area contributed by atoms with E-state index in [9.17, 15) is 0 Å². The van der Waals surface area contributed by atoms with Crippen molar-refractivity contribution >= 4 is 11.3 Å². The van der Waals surface area contributed by atoms with Crippen molar-refractivity contribution in [1.29, 1.82) is 5.41 Å². The molecule has 0 aliphatic carbocycles. The molecule has 3 heteroatoms. The molecule has 0 spiro atoms. The molecule has 0 atom stereocenters. The molecule has 0 amide bonds. The van der Waals surface area contributed by atoms with Gasteiger partial charge in [-0.05, 0) is 12.1 Å². The summed E-state index contributed by atoms with van der Waals surface area (Å²) in [4.78, 5) is 0.557. The molecule has 2 nitrogen and oxygen atoms in total. The van der Waals surface area contributed by atoms with E-state index in [1.54, 1.807) is 0 Å². The molecule has 1 aromatic heterocycles. The van der Waals surface area contributed by atoms with Crippen LogP contribution < -0.4 is 4.80 Å². The van der Waals surface area contributed by atoms with Gasteiger partial charge in [-0.1, -0.05) is 18.2 Å². The standard InChI is InChI=1S/C9H8N2S/c10-9-11(6-7-12-9)8-4-2-1-3-5-8/h1-7,10H. The zero-order valence-corrected chi connectivity index (χ0v) is 7.21. The number of thiazole rings is 1. The van der Waals surface area contributed by atoms with Gasteiger partial charge in [0.25, 0.3) is 0 Å². The number of nitrogens with one attached hydrogen (secondary N) is 1. The van der Waals surface area contributed by atoms with Gasteiger partial charge >= 0.3 is 0 Å². The number of hydrogen-bond acceptors (Lipinski definition) is 2. The van der Waals surface area contributed by atoms with Crippen molar-refractivity contribution in [3.8, 4) is 5.69 Å². The highest BCUT2D eigenvalue weighted by atomic mass is 32.1. The van der Waals surface area contributed by atoms with Gasteiger partial charge in [0, 0.05) is 17.3 Å². The lowest BCUT2D eigenvalue weighted by Gasteiger charge is -1.99. The van der Waals surface area contributed by atoms with Crippen LogP contribution in [0.25, 0.3) is 5.69 Å². The summed E-state index contributed by atoms with van der Waals surface area (Å²) in [5, 5.41) is 9.48. The summed E-state index contributed by atoms with van der Waals surface area (Å²) >= 11 is 1.43. The highest BCUT2D eigenvalue weighted by Crippen LogP contribution is 2.04. The largest absolute Gasteiger partial charge is 0.293 e. The number of para-hydroxylation sites is 1. The highest BCUT2D eigenvalue weighted by molar-refractivity contribution is 7.07. The fourth-order valence-electron chi connectivity index (χ4n) is 1.07. The van der Waals surface area contributed by atoms with Gasteiger partial charge in [-0.2, -0.15) is 0 Å². The van der Waals surface area contributed by atoms with Crippen LogP contribution in [0.5, 0.6) is 0 Å². The zero-order valence-electron chi connectivity index (χ0n) is 6.40. The van der Waals surface area contributed by atoms with Crippen LogP contribution in [-0.2, 0) is 0 Å². The Morgan fingerprint density at radius 1 is 1.17 bits per heavy atom. The predicted octanol–water partition coefficient (Wildman–Crippen LogP) is 2.02. The highest BCUT2D eigenvalue weighted by Gasteiger charge is 1.94. The van der Waals surface area contributed by atoms with Gasteiger partial charge in [-0.15, -0.1) is 11.3 Å². The molecule has 12 heavy (non-hydrogen) atoms. The quantitative estimate of drug-likeness (QED) is 0.688. The Morgan fingerprint density at radius 3 is 2.50 bits per heavy atom. The van der Waals surface area contributed by atoms with Gasteiger partial charge in [-0.3, -0.25) is 9.98 Å². The van der Waals surface area contributed by atoms with E-state index in [4.69, 9.17) is 5.41 Å². The Hall–Kier alpha value is -1.35. The minimum atomic E-state index is 0.557. The van der Waals surface area contributed by atoms with Gasteiger partial charge in [0.2, 0.25) is 0 Å². The molecule has 0 saturated heterocycles. The zero-order chi connectivity index (χ0) is 8.39. The molecule has 1 heterocycles. The maximum absolute atomic E-state index is 7.57. The second kappa shape index (κ2) is 2.95. The number of hydrogen-bond donors (Lipinski definition) is 1. The molecular formula is C9H8N2S. The number of benzene rings is 1. The summed E-state index contributed by atoms with van der Waals surface area (Å²) in [5.41, 5.74) is 1.05. The van der Waals surface area contributed by atoms with Crippen LogP contribution in [0.4, 0.5) is 0 Å². The Kier molecular flexibility index (Phi) is 1.80. The van der Waals surface area contributed by atoms with Crippen LogP contribution in [0.2, 0.25) is 0 Å². The average Bonchev–Trinajstić information content (AvgIpc) is 2.53. The third-order valence-electron chi connectivity index (χ3n) is 1.64. The molecule has 2 rings (SSSR count). The van der Waals surface area contributed by atoms with Crippen molar-refractivity contribution in [2.24, 2.45) is 0 Å². The smallest absolute Gasteiger partial charge is 0.186 e. The molecule has 0 aliphatic heterocycles. The van der Waals surface area contributed by atoms with Crippen LogP contribution >= 0.6 is 11.3 Å². The summed E-state index contributed by atoms with van der Waals surface area (Å²) in [7, 11) is 0. The molecule has 0 fully saturated rings. The number of aromatic nitrogens is 1. The summed E-state index contributed by atoms with van der Waals surface area (Å²) in [6, 6.07) is 9.90. The van der Waals surface area contributed by atoms with Crippen molar-refractivity contribution < 1.29 is 0 Å². The van der Waals surface area contributed by atoms with E-state index >= 15 is 0 Å². The Balaban J connectivity index is 2.59. The SMILES string of the molecule is N=c1sccn1-c1ccccc1. The van der Waals surface area contributed by atoms with Gasteiger partial charge in [0.1, 0.15) is 0 Å². The number of nitrogens with zero attached hydrogens (tertiary/aromatic N) is 1. The molecule has 1 aromatic carbocycles. The Bertz CT molecular complexity index is 413. The third-order valence-corrected chi connectivity index (χ3v) is 2.32. The molecule has 0 unspecified atom stereocenters. The van der Waals surface area contributed by atoms with Gasteiger partial charge in [0.15, 0.2) is 4.80 Å². The Morgan fingerprint density at radius 2 is 1.92 bits per heavy atom. The van der Waals surface area contributed by atoms with E-state index in [-0.39, 0.29) is 0 Å². The van der Waals surface area contributed by atoms with Crippen molar-refractivity contribution in [1.82, 2.24) is 4.57 Å². The molecule has 0 aliphatic rings. The molecule has 1 N–H and O–H groups in total. The van der Waals surface area contributed by atoms with Crippen LogP contribution in [0.15, 0.2) is 41.9 Å². The first-order chi connectivity index (χ1) is 5.88. The van der Waals surface area contributed by atoms with E-state index in [2.05, 4.69) is 0 Å². The molecule has 2 aromatic rings. The minimum absolute atomic E-state index is 0.557. The van der Waals surface area contributed by atoms with Crippen LogP contribution in [0.1, 0.15) is 0 Å². The topological polar surface area (TPSA) is 28.8 Å². The van der Waals surface area contributed by atoms with E-state index in [0.717, 1.165) is 5.69 Å². The third kappa shape index (κ3) is 1.19. The predicted molar refractivity (Wildman–Crippen MR) is 49.5 cm³/mol. The van der Waals surface area contributed by atoms with Crippen LogP contribution in [0.3, 0.4) is 0 Å². The van der Waals surface area contributed by atoms with E-state index in [1.165, 1.54) is 11.3 Å².